The van der Waals surface area contributed by atoms with Crippen LogP contribution in [0.3, 0.4) is 0 Å². The molecule has 0 aliphatic rings. The zero-order valence-corrected chi connectivity index (χ0v) is 8.01. The molecule has 0 atom stereocenters. The van der Waals surface area contributed by atoms with E-state index in [1.54, 1.807) is 0 Å². The van der Waals surface area contributed by atoms with Gasteiger partial charge in [-0.2, -0.15) is 0 Å². The molecule has 0 fully saturated rings. The molecule has 0 aliphatic carbocycles. The van der Waals surface area contributed by atoms with E-state index in [9.17, 15) is 0 Å². The highest BCUT2D eigenvalue weighted by Gasteiger charge is 1.89. The van der Waals surface area contributed by atoms with Crippen molar-refractivity contribution in [3.63, 3.8) is 0 Å². The fourth-order valence-electron chi connectivity index (χ4n) is 0.885. The van der Waals surface area contributed by atoms with Crippen molar-refractivity contribution in [1.29, 1.82) is 0 Å². The second-order valence-corrected chi connectivity index (χ2v) is 2.48. The monoisotopic (exact) mass is 166 g/mol. The van der Waals surface area contributed by atoms with Crippen molar-refractivity contribution in [2.75, 3.05) is 13.6 Å². The van der Waals surface area contributed by atoms with Crippen LogP contribution in [0.15, 0.2) is 29.4 Å². The molecule has 0 aromatic heterocycles. The summed E-state index contributed by atoms with van der Waals surface area (Å²) < 4.78 is 0. The first kappa shape index (κ1) is 11.1. The van der Waals surface area contributed by atoms with Gasteiger partial charge < -0.3 is 5.32 Å². The van der Waals surface area contributed by atoms with Crippen molar-refractivity contribution in [2.45, 2.75) is 19.8 Å². The zero-order chi connectivity index (χ0) is 9.23. The van der Waals surface area contributed by atoms with Crippen LogP contribution < -0.4 is 5.32 Å². The lowest BCUT2D eigenvalue weighted by Gasteiger charge is -1.99. The average Bonchev–Trinajstić information content (AvgIpc) is 2.06. The maximum absolute atomic E-state index is 4.22. The quantitative estimate of drug-likeness (QED) is 0.365. The van der Waals surface area contributed by atoms with E-state index in [2.05, 4.69) is 23.0 Å². The van der Waals surface area contributed by atoms with Gasteiger partial charge in [-0.25, -0.2) is 0 Å². The minimum atomic E-state index is 0.835. The van der Waals surface area contributed by atoms with Crippen LogP contribution in [0.25, 0.3) is 0 Å². The van der Waals surface area contributed by atoms with E-state index in [4.69, 9.17) is 0 Å². The first-order valence-electron chi connectivity index (χ1n) is 4.28. The van der Waals surface area contributed by atoms with E-state index in [1.165, 1.54) is 0 Å². The van der Waals surface area contributed by atoms with Gasteiger partial charge in [0.1, 0.15) is 0 Å². The second-order valence-electron chi connectivity index (χ2n) is 2.48. The number of nitrogens with zero attached hydrogens (tertiary/aromatic N) is 1. The molecule has 0 saturated heterocycles. The summed E-state index contributed by atoms with van der Waals surface area (Å²) in [7, 11) is 1.92. The van der Waals surface area contributed by atoms with Crippen LogP contribution in [-0.4, -0.2) is 19.8 Å². The second kappa shape index (κ2) is 8.21. The van der Waals surface area contributed by atoms with Gasteiger partial charge in [-0.1, -0.05) is 12.2 Å². The predicted octanol–water partition coefficient (Wildman–Crippen LogP) is 2.15. The number of allylic oxidation sites excluding steroid dienone is 2. The molecule has 0 aliphatic heterocycles. The van der Waals surface area contributed by atoms with Crippen molar-refractivity contribution in [1.82, 2.24) is 5.32 Å². The number of hydrogen-bond donors (Lipinski definition) is 1. The Morgan fingerprint density at radius 2 is 2.25 bits per heavy atom. The summed E-state index contributed by atoms with van der Waals surface area (Å²) in [6.45, 7) is 6.43. The third-order valence-corrected chi connectivity index (χ3v) is 1.40. The highest BCUT2D eigenvalue weighted by atomic mass is 14.9. The van der Waals surface area contributed by atoms with Gasteiger partial charge in [0, 0.05) is 18.5 Å². The lowest BCUT2D eigenvalue weighted by Crippen LogP contribution is -2.09. The average molecular weight is 166 g/mol. The molecule has 0 aromatic carbocycles. The van der Waals surface area contributed by atoms with Gasteiger partial charge >= 0.3 is 0 Å². The minimum Gasteiger partial charge on any atom is -0.314 e. The summed E-state index contributed by atoms with van der Waals surface area (Å²) in [6, 6.07) is 0. The highest BCUT2D eigenvalue weighted by molar-refractivity contribution is 5.55. The summed E-state index contributed by atoms with van der Waals surface area (Å²) >= 11 is 0. The van der Waals surface area contributed by atoms with Crippen molar-refractivity contribution < 1.29 is 0 Å². The lowest BCUT2D eigenvalue weighted by molar-refractivity contribution is 0.860. The van der Waals surface area contributed by atoms with Crippen LogP contribution in [0.4, 0.5) is 0 Å². The first-order chi connectivity index (χ1) is 5.85. The maximum atomic E-state index is 4.22. The van der Waals surface area contributed by atoms with E-state index in [0.29, 0.717) is 0 Å². The fraction of sp³-hybridized carbons (Fsp3) is 0.500. The largest absolute Gasteiger partial charge is 0.314 e. The molecule has 0 unspecified atom stereocenters. The van der Waals surface area contributed by atoms with Gasteiger partial charge in [0.05, 0.1) is 0 Å². The van der Waals surface area contributed by atoms with Crippen molar-refractivity contribution in [3.8, 4) is 0 Å². The summed E-state index contributed by atoms with van der Waals surface area (Å²) in [5, 5.41) is 3.07. The van der Waals surface area contributed by atoms with Gasteiger partial charge in [-0.3, -0.25) is 4.99 Å². The molecule has 0 aromatic rings. The molecule has 0 amide bonds. The summed E-state index contributed by atoms with van der Waals surface area (Å²) in [4.78, 5) is 4.22. The Morgan fingerprint density at radius 1 is 1.50 bits per heavy atom. The molecule has 2 heteroatoms. The number of aliphatic imine (C=N–C) groups is 1. The Kier molecular flexibility index (Phi) is 7.60. The van der Waals surface area contributed by atoms with E-state index >= 15 is 0 Å². The Hall–Kier alpha value is -0.890. The molecule has 68 valence electrons. The highest BCUT2D eigenvalue weighted by Crippen LogP contribution is 1.99. The van der Waals surface area contributed by atoms with Gasteiger partial charge in [0.2, 0.25) is 0 Å². The van der Waals surface area contributed by atoms with Gasteiger partial charge in [0.25, 0.3) is 0 Å². The van der Waals surface area contributed by atoms with Crippen LogP contribution in [0.1, 0.15) is 19.8 Å². The number of hydrogen-bond acceptors (Lipinski definition) is 2. The Bertz CT molecular complexity index is 169. The molecular weight excluding hydrogens is 148 g/mol. The van der Waals surface area contributed by atoms with Gasteiger partial charge in [-0.15, -0.1) is 6.58 Å². The molecule has 1 N–H and O–H groups in total. The first-order valence-corrected chi connectivity index (χ1v) is 4.28. The lowest BCUT2D eigenvalue weighted by atomic mass is 10.2. The molecule has 0 bridgehead atoms. The topological polar surface area (TPSA) is 24.4 Å². The third-order valence-electron chi connectivity index (χ3n) is 1.40. The summed E-state index contributed by atoms with van der Waals surface area (Å²) in [5.74, 6) is 0. The standard InChI is InChI=1S/C10H18N2/c1-4-6-7-8-10(9-11-3)12-5-2/h4-5,8,11H,1,6-7,9H2,2-3H3/b10-8+,12-5+. The van der Waals surface area contributed by atoms with Crippen LogP contribution in [0.5, 0.6) is 0 Å². The predicted molar refractivity (Wildman–Crippen MR) is 55.6 cm³/mol. The molecule has 12 heavy (non-hydrogen) atoms. The minimum absolute atomic E-state index is 0.835. The molecule has 0 saturated carbocycles. The summed E-state index contributed by atoms with van der Waals surface area (Å²) in [6.07, 6.45) is 7.92. The van der Waals surface area contributed by atoms with Crippen LogP contribution >= 0.6 is 0 Å². The molecule has 2 nitrogen and oxygen atoms in total. The number of nitrogens with one attached hydrogen (secondary N) is 1. The maximum Gasteiger partial charge on any atom is 0.0497 e. The number of unbranched alkanes of at least 4 members (excludes halogenated alkanes) is 1. The van der Waals surface area contributed by atoms with Crippen LogP contribution in [0.2, 0.25) is 0 Å². The fourth-order valence-corrected chi connectivity index (χ4v) is 0.885. The molecular formula is C10H18N2. The Morgan fingerprint density at radius 3 is 2.75 bits per heavy atom. The van der Waals surface area contributed by atoms with Crippen LogP contribution in [0, 0.1) is 0 Å². The van der Waals surface area contributed by atoms with Crippen molar-refractivity contribution in [3.05, 3.63) is 24.4 Å². The molecule has 0 radical (unpaired) electrons. The van der Waals surface area contributed by atoms with Crippen LogP contribution in [-0.2, 0) is 0 Å². The van der Waals surface area contributed by atoms with Gasteiger partial charge in [0.15, 0.2) is 0 Å². The number of likely N-dealkylation sites (N-methyl/N-ethyl adjacent to an activating group) is 1. The Balaban J connectivity index is 3.89. The molecule has 0 heterocycles. The van der Waals surface area contributed by atoms with Gasteiger partial charge in [-0.05, 0) is 26.8 Å². The van der Waals surface area contributed by atoms with E-state index < -0.39 is 0 Å². The van der Waals surface area contributed by atoms with E-state index in [-0.39, 0.29) is 0 Å². The van der Waals surface area contributed by atoms with Crippen molar-refractivity contribution in [2.24, 2.45) is 4.99 Å². The molecule has 0 spiro atoms. The SMILES string of the molecule is C=CCC/C=C(CNC)/N=C/C. The smallest absolute Gasteiger partial charge is 0.0497 e. The zero-order valence-electron chi connectivity index (χ0n) is 8.01. The summed E-state index contributed by atoms with van der Waals surface area (Å²) in [5.41, 5.74) is 1.10. The normalized spacial score (nSPS) is 12.3. The van der Waals surface area contributed by atoms with E-state index in [0.717, 1.165) is 25.1 Å². The Labute approximate surface area is 75.1 Å². The van der Waals surface area contributed by atoms with Crippen molar-refractivity contribution >= 4 is 6.21 Å². The molecule has 0 rings (SSSR count). The number of rotatable bonds is 6. The third kappa shape index (κ3) is 5.86. The van der Waals surface area contributed by atoms with E-state index in [1.807, 2.05) is 26.3 Å².